The first kappa shape index (κ1) is 47.8. The molecule has 5 aromatic carbocycles. The van der Waals surface area contributed by atoms with Crippen molar-refractivity contribution in [2.75, 3.05) is 58.1 Å². The number of para-hydroxylation sites is 1. The number of methoxy groups -OCH3 is 3. The molecular weight excluding hydrogens is 866 g/mol. The summed E-state index contributed by atoms with van der Waals surface area (Å²) in [5.41, 5.74) is 7.37. The number of pyridine rings is 1. The summed E-state index contributed by atoms with van der Waals surface area (Å²) in [6.45, 7) is 6.58. The van der Waals surface area contributed by atoms with E-state index in [2.05, 4.69) is 39.9 Å². The molecule has 3 heterocycles. The minimum Gasteiger partial charge on any atom is -0.497 e. The number of anilines is 2. The lowest BCUT2D eigenvalue weighted by atomic mass is 9.89. The van der Waals surface area contributed by atoms with E-state index in [9.17, 15) is 19.2 Å². The summed E-state index contributed by atoms with van der Waals surface area (Å²) >= 11 is 6.04. The number of hydrogen-bond acceptors (Lipinski definition) is 8. The van der Waals surface area contributed by atoms with Crippen LogP contribution in [0.25, 0.3) is 0 Å². The summed E-state index contributed by atoms with van der Waals surface area (Å²) in [7, 11) is 4.86. The van der Waals surface area contributed by atoms with Gasteiger partial charge in [-0.25, -0.2) is 4.98 Å². The third-order valence-electron chi connectivity index (χ3n) is 12.6. The summed E-state index contributed by atoms with van der Waals surface area (Å²) in [6.07, 6.45) is 5.18. The molecule has 346 valence electrons. The van der Waals surface area contributed by atoms with Crippen molar-refractivity contribution in [3.05, 3.63) is 177 Å². The molecule has 2 aliphatic rings. The Balaban J connectivity index is 0.000000199. The highest BCUT2D eigenvalue weighted by Crippen LogP contribution is 2.32. The summed E-state index contributed by atoms with van der Waals surface area (Å²) in [6, 6.07) is 37.5. The van der Waals surface area contributed by atoms with Crippen LogP contribution in [0.2, 0.25) is 5.15 Å². The predicted octanol–water partition coefficient (Wildman–Crippen LogP) is 10.6. The lowest BCUT2D eigenvalue weighted by Crippen LogP contribution is -2.38. The Hall–Kier alpha value is -7.18. The number of likely N-dealkylation sites (tertiary alicyclic amines) is 2. The summed E-state index contributed by atoms with van der Waals surface area (Å²) < 4.78 is 15.8. The smallest absolute Gasteiger partial charge is 0.259 e. The van der Waals surface area contributed by atoms with Crippen LogP contribution in [0.1, 0.15) is 101 Å². The maximum atomic E-state index is 13.2. The normalized spacial score (nSPS) is 14.0. The van der Waals surface area contributed by atoms with E-state index in [4.69, 9.17) is 25.8 Å². The van der Waals surface area contributed by atoms with Crippen LogP contribution >= 0.6 is 11.6 Å². The molecule has 0 spiro atoms. The quantitative estimate of drug-likeness (QED) is 0.123. The number of benzene rings is 5. The second-order valence-corrected chi connectivity index (χ2v) is 17.0. The number of piperidine rings is 2. The molecule has 4 amide bonds. The van der Waals surface area contributed by atoms with E-state index in [-0.39, 0.29) is 34.3 Å². The fourth-order valence-electron chi connectivity index (χ4n) is 8.50. The van der Waals surface area contributed by atoms with Crippen molar-refractivity contribution in [3.63, 3.8) is 0 Å². The number of nitrogens with one attached hydrogen (secondary N) is 2. The second-order valence-electron chi connectivity index (χ2n) is 16.7. The molecule has 12 nitrogen and oxygen atoms in total. The van der Waals surface area contributed by atoms with E-state index in [0.717, 1.165) is 48.3 Å². The van der Waals surface area contributed by atoms with Gasteiger partial charge in [0.15, 0.2) is 0 Å². The Labute approximate surface area is 397 Å². The first-order chi connectivity index (χ1) is 32.5. The lowest BCUT2D eigenvalue weighted by Gasteiger charge is -2.32. The molecule has 1 aromatic heterocycles. The van der Waals surface area contributed by atoms with Crippen molar-refractivity contribution in [2.24, 2.45) is 0 Å². The predicted molar refractivity (Wildman–Crippen MR) is 262 cm³/mol. The number of ether oxygens (including phenoxy) is 3. The molecule has 0 radical (unpaired) electrons. The maximum absolute atomic E-state index is 13.2. The van der Waals surface area contributed by atoms with Crippen LogP contribution in [0.3, 0.4) is 0 Å². The van der Waals surface area contributed by atoms with E-state index in [1.54, 1.807) is 62.8 Å². The van der Waals surface area contributed by atoms with Gasteiger partial charge in [0.1, 0.15) is 22.4 Å². The van der Waals surface area contributed by atoms with Gasteiger partial charge in [-0.3, -0.25) is 19.2 Å². The molecule has 0 bridgehead atoms. The van der Waals surface area contributed by atoms with Gasteiger partial charge >= 0.3 is 0 Å². The fourth-order valence-corrected chi connectivity index (χ4v) is 8.70. The average molecular weight is 923 g/mol. The minimum atomic E-state index is -0.360. The van der Waals surface area contributed by atoms with Crippen LogP contribution in [0, 0.1) is 13.8 Å². The molecular formula is C54H56ClN5O7. The molecule has 0 atom stereocenters. The third-order valence-corrected chi connectivity index (χ3v) is 12.9. The highest BCUT2D eigenvalue weighted by Gasteiger charge is 2.27. The van der Waals surface area contributed by atoms with Gasteiger partial charge in [-0.05, 0) is 146 Å². The molecule has 2 fully saturated rings. The molecule has 2 aliphatic heterocycles. The zero-order valence-electron chi connectivity index (χ0n) is 38.5. The molecule has 2 N–H and O–H groups in total. The Kier molecular flexibility index (Phi) is 15.9. The Morgan fingerprint density at radius 2 is 0.985 bits per heavy atom. The van der Waals surface area contributed by atoms with Gasteiger partial charge in [-0.2, -0.15) is 0 Å². The molecule has 13 heteroatoms. The molecule has 6 aromatic rings. The number of nitrogens with zero attached hydrogens (tertiary/aromatic N) is 3. The molecule has 0 unspecified atom stereocenters. The van der Waals surface area contributed by atoms with Crippen LogP contribution in [0.5, 0.6) is 17.2 Å². The van der Waals surface area contributed by atoms with Gasteiger partial charge in [-0.15, -0.1) is 0 Å². The summed E-state index contributed by atoms with van der Waals surface area (Å²) in [4.78, 5) is 59.6. The Morgan fingerprint density at radius 3 is 1.42 bits per heavy atom. The lowest BCUT2D eigenvalue weighted by molar-refractivity contribution is 0.0705. The van der Waals surface area contributed by atoms with Gasteiger partial charge in [0, 0.05) is 54.9 Å². The number of aryl methyl sites for hydroxylation is 2. The zero-order valence-corrected chi connectivity index (χ0v) is 39.3. The van der Waals surface area contributed by atoms with Gasteiger partial charge in [0.05, 0.1) is 32.5 Å². The van der Waals surface area contributed by atoms with Crippen LogP contribution in [-0.2, 0) is 0 Å². The zero-order chi connectivity index (χ0) is 47.5. The van der Waals surface area contributed by atoms with Crippen molar-refractivity contribution in [1.82, 2.24) is 14.8 Å². The standard InChI is InChI=1S/C28H30N2O4.C26H26ClN3O3/c1-19-8-9-22(18-25(19)29-27(31)24-6-4-5-7-26(24)34-3)28(32)30-16-14-21(15-17-30)20-10-12-23(33-2)13-11-20;1-17-5-6-20(16-23(17)29-25(31)22-4-3-13-28-24(22)27)26(32)30-14-11-19(12-15-30)18-7-9-21(33-2)10-8-18/h4-13,18,21H,14-17H2,1-3H3,(H,29,31);3-10,13,16,19H,11-12,14-15H2,1-2H3,(H,29,31). The van der Waals surface area contributed by atoms with E-state index in [1.165, 1.54) is 24.4 Å². The Bertz CT molecular complexity index is 2690. The van der Waals surface area contributed by atoms with Crippen LogP contribution in [0.15, 0.2) is 128 Å². The highest BCUT2D eigenvalue weighted by molar-refractivity contribution is 6.33. The Morgan fingerprint density at radius 1 is 0.552 bits per heavy atom. The number of hydrogen-bond donors (Lipinski definition) is 2. The molecule has 8 rings (SSSR count). The molecule has 67 heavy (non-hydrogen) atoms. The topological polar surface area (TPSA) is 139 Å². The number of carbonyl (C=O) groups is 4. The maximum Gasteiger partial charge on any atom is 0.259 e. The van der Waals surface area contributed by atoms with E-state index in [0.29, 0.717) is 71.8 Å². The van der Waals surface area contributed by atoms with Gasteiger partial charge < -0.3 is 34.6 Å². The SMILES string of the molecule is COc1ccc(C2CCN(C(=O)c3ccc(C)c(NC(=O)c4ccccc4OC)c3)CC2)cc1.COc1ccc(C2CCN(C(=O)c3ccc(C)c(NC(=O)c4cccnc4Cl)c3)CC2)cc1. The van der Waals surface area contributed by atoms with Crippen molar-refractivity contribution in [2.45, 2.75) is 51.4 Å². The van der Waals surface area contributed by atoms with Gasteiger partial charge in [0.2, 0.25) is 0 Å². The van der Waals surface area contributed by atoms with Crippen molar-refractivity contribution < 1.29 is 33.4 Å². The summed E-state index contributed by atoms with van der Waals surface area (Å²) in [5.74, 6) is 2.39. The van der Waals surface area contributed by atoms with Crippen molar-refractivity contribution in [3.8, 4) is 17.2 Å². The van der Waals surface area contributed by atoms with Gasteiger partial charge in [-0.1, -0.05) is 60.1 Å². The largest absolute Gasteiger partial charge is 0.497 e. The van der Waals surface area contributed by atoms with E-state index >= 15 is 0 Å². The first-order valence-corrected chi connectivity index (χ1v) is 22.8. The summed E-state index contributed by atoms with van der Waals surface area (Å²) in [5, 5.41) is 5.93. The molecule has 0 saturated carbocycles. The number of aromatic nitrogens is 1. The third kappa shape index (κ3) is 11.8. The fraction of sp³-hybridized carbons (Fsp3) is 0.278. The minimum absolute atomic E-state index is 0.0130. The number of amides is 4. The first-order valence-electron chi connectivity index (χ1n) is 22.4. The molecule has 2 saturated heterocycles. The van der Waals surface area contributed by atoms with Crippen LogP contribution in [-0.4, -0.2) is 85.9 Å². The van der Waals surface area contributed by atoms with E-state index in [1.807, 2.05) is 72.2 Å². The molecule has 0 aliphatic carbocycles. The highest BCUT2D eigenvalue weighted by atomic mass is 35.5. The number of carbonyl (C=O) groups excluding carboxylic acids is 4. The number of halogens is 1. The van der Waals surface area contributed by atoms with Crippen molar-refractivity contribution in [1.29, 1.82) is 0 Å². The number of rotatable bonds is 11. The van der Waals surface area contributed by atoms with Gasteiger partial charge in [0.25, 0.3) is 23.6 Å². The second kappa shape index (κ2) is 22.3. The average Bonchev–Trinajstić information content (AvgIpc) is 3.37. The van der Waals surface area contributed by atoms with Crippen LogP contribution in [0.4, 0.5) is 11.4 Å². The van der Waals surface area contributed by atoms with E-state index < -0.39 is 0 Å². The van der Waals surface area contributed by atoms with Crippen LogP contribution < -0.4 is 24.8 Å². The van der Waals surface area contributed by atoms with Crippen molar-refractivity contribution >= 4 is 46.6 Å². The monoisotopic (exact) mass is 921 g/mol.